The van der Waals surface area contributed by atoms with Crippen LogP contribution in [0.15, 0.2) is 0 Å². The van der Waals surface area contributed by atoms with E-state index in [0.717, 1.165) is 36.6 Å². The van der Waals surface area contributed by atoms with Crippen molar-refractivity contribution in [3.8, 4) is 0 Å². The van der Waals surface area contributed by atoms with Crippen molar-refractivity contribution in [2.24, 2.45) is 0 Å². The maximum atomic E-state index is 6.36. The van der Waals surface area contributed by atoms with Gasteiger partial charge < -0.3 is 10.3 Å². The molecular weight excluding hydrogens is 246 g/mol. The van der Waals surface area contributed by atoms with Crippen LogP contribution in [0, 0.1) is 0 Å². The van der Waals surface area contributed by atoms with E-state index in [9.17, 15) is 0 Å². The molecule has 1 aromatic heterocycles. The van der Waals surface area contributed by atoms with Gasteiger partial charge >= 0.3 is 0 Å². The zero-order valence-electron chi connectivity index (χ0n) is 14.1. The molecule has 1 rings (SSSR count). The normalized spacial score (nSPS) is 12.1. The van der Waals surface area contributed by atoms with E-state index in [2.05, 4.69) is 39.2 Å². The van der Waals surface area contributed by atoms with Crippen molar-refractivity contribution in [2.75, 3.05) is 5.73 Å². The van der Waals surface area contributed by atoms with Gasteiger partial charge in [-0.2, -0.15) is 0 Å². The lowest BCUT2D eigenvalue weighted by molar-refractivity contribution is 0.387. The van der Waals surface area contributed by atoms with Crippen LogP contribution in [0.2, 0.25) is 0 Å². The molecule has 0 amide bonds. The lowest BCUT2D eigenvalue weighted by atomic mass is 10.1. The molecule has 20 heavy (non-hydrogen) atoms. The molecule has 0 unspecified atom stereocenters. The first-order valence-corrected chi connectivity index (χ1v) is 8.28. The molecule has 0 bridgehead atoms. The van der Waals surface area contributed by atoms with Crippen LogP contribution in [0.25, 0.3) is 0 Å². The molecule has 1 heterocycles. The number of hydrogen-bond acceptors (Lipinski definition) is 2. The van der Waals surface area contributed by atoms with Crippen LogP contribution in [0.5, 0.6) is 0 Å². The fourth-order valence-electron chi connectivity index (χ4n) is 2.75. The fourth-order valence-corrected chi connectivity index (χ4v) is 2.75. The monoisotopic (exact) mass is 279 g/mol. The van der Waals surface area contributed by atoms with Crippen molar-refractivity contribution in [2.45, 2.75) is 91.5 Å². The highest BCUT2D eigenvalue weighted by molar-refractivity contribution is 5.39. The molecule has 0 saturated heterocycles. The van der Waals surface area contributed by atoms with Crippen molar-refractivity contribution in [1.82, 2.24) is 9.55 Å². The molecule has 0 atom stereocenters. The molecule has 0 radical (unpaired) electrons. The highest BCUT2D eigenvalue weighted by Crippen LogP contribution is 2.26. The van der Waals surface area contributed by atoms with E-state index in [1.165, 1.54) is 32.1 Å². The lowest BCUT2D eigenvalue weighted by Gasteiger charge is -2.25. The van der Waals surface area contributed by atoms with Gasteiger partial charge in [0, 0.05) is 12.0 Å². The molecule has 0 aliphatic rings. The Morgan fingerprint density at radius 2 is 1.60 bits per heavy atom. The maximum absolute atomic E-state index is 6.36. The Morgan fingerprint density at radius 1 is 0.950 bits per heavy atom. The molecule has 0 aliphatic carbocycles. The first-order chi connectivity index (χ1) is 9.41. The van der Waals surface area contributed by atoms with Gasteiger partial charge in [0.05, 0.1) is 5.69 Å². The van der Waals surface area contributed by atoms with E-state index in [0.29, 0.717) is 0 Å². The number of aromatic nitrogens is 2. The summed E-state index contributed by atoms with van der Waals surface area (Å²) in [6, 6.07) is 0. The molecule has 3 nitrogen and oxygen atoms in total. The Labute approximate surface area is 125 Å². The number of rotatable bonds is 8. The minimum absolute atomic E-state index is 0.0159. The van der Waals surface area contributed by atoms with E-state index >= 15 is 0 Å². The largest absolute Gasteiger partial charge is 0.384 e. The molecule has 0 aliphatic heterocycles. The van der Waals surface area contributed by atoms with Crippen LogP contribution >= 0.6 is 0 Å². The van der Waals surface area contributed by atoms with E-state index in [-0.39, 0.29) is 5.54 Å². The molecule has 0 spiro atoms. The Hall–Kier alpha value is -0.990. The Balaban J connectivity index is 2.77. The zero-order valence-corrected chi connectivity index (χ0v) is 14.1. The number of hydrogen-bond donors (Lipinski definition) is 1. The number of imidazole rings is 1. The molecule has 1 aromatic rings. The summed E-state index contributed by atoms with van der Waals surface area (Å²) < 4.78 is 2.23. The summed E-state index contributed by atoms with van der Waals surface area (Å²) in [4.78, 5) is 4.82. The predicted octanol–water partition coefficient (Wildman–Crippen LogP) is 4.69. The van der Waals surface area contributed by atoms with Crippen LogP contribution in [0.4, 0.5) is 5.82 Å². The number of nitrogens with zero attached hydrogens (tertiary/aromatic N) is 2. The van der Waals surface area contributed by atoms with Gasteiger partial charge in [0.15, 0.2) is 0 Å². The average molecular weight is 279 g/mol. The van der Waals surface area contributed by atoms with Gasteiger partial charge in [0.25, 0.3) is 0 Å². The Morgan fingerprint density at radius 3 is 2.15 bits per heavy atom. The summed E-state index contributed by atoms with van der Waals surface area (Å²) in [6.45, 7) is 11.1. The molecule has 0 fully saturated rings. The minimum Gasteiger partial charge on any atom is -0.384 e. The van der Waals surface area contributed by atoms with Crippen LogP contribution in [0.3, 0.4) is 0 Å². The second-order valence-electron chi connectivity index (χ2n) is 6.78. The average Bonchev–Trinajstić information content (AvgIpc) is 2.66. The van der Waals surface area contributed by atoms with E-state index < -0.39 is 0 Å². The summed E-state index contributed by atoms with van der Waals surface area (Å²) in [5, 5.41) is 0. The van der Waals surface area contributed by atoms with Crippen molar-refractivity contribution in [3.05, 3.63) is 11.5 Å². The highest BCUT2D eigenvalue weighted by Gasteiger charge is 2.23. The van der Waals surface area contributed by atoms with Gasteiger partial charge in [-0.15, -0.1) is 0 Å². The molecule has 0 saturated carbocycles. The highest BCUT2D eigenvalue weighted by atomic mass is 15.2. The number of anilines is 1. The summed E-state index contributed by atoms with van der Waals surface area (Å²) in [5.74, 6) is 2.04. The third-order valence-corrected chi connectivity index (χ3v) is 3.72. The Bertz CT molecular complexity index is 399. The number of unbranched alkanes of at least 4 members (excludes halogenated alkanes) is 4. The maximum Gasteiger partial charge on any atom is 0.127 e. The van der Waals surface area contributed by atoms with Crippen molar-refractivity contribution in [1.29, 1.82) is 0 Å². The third kappa shape index (κ3) is 4.53. The van der Waals surface area contributed by atoms with E-state index in [1.54, 1.807) is 0 Å². The van der Waals surface area contributed by atoms with Gasteiger partial charge in [-0.25, -0.2) is 4.98 Å². The fraction of sp³-hybridized carbons (Fsp3) is 0.824. The van der Waals surface area contributed by atoms with Crippen molar-refractivity contribution < 1.29 is 0 Å². The third-order valence-electron chi connectivity index (χ3n) is 3.72. The second kappa shape index (κ2) is 7.70. The number of aryl methyl sites for hydroxylation is 2. The first-order valence-electron chi connectivity index (χ1n) is 8.28. The SMILES string of the molecule is CCCCCCCc1nc(CCC)n(C(C)(C)C)c1N. The van der Waals surface area contributed by atoms with Gasteiger partial charge in [-0.3, -0.25) is 0 Å². The van der Waals surface area contributed by atoms with Gasteiger partial charge in [-0.05, 0) is 40.0 Å². The number of nitrogen functional groups attached to an aromatic ring is 1. The van der Waals surface area contributed by atoms with E-state index in [4.69, 9.17) is 10.7 Å². The minimum atomic E-state index is 0.0159. The van der Waals surface area contributed by atoms with Crippen molar-refractivity contribution in [3.63, 3.8) is 0 Å². The molecular formula is C17H33N3. The predicted molar refractivity (Wildman–Crippen MR) is 88.1 cm³/mol. The molecule has 3 heteroatoms. The summed E-state index contributed by atoms with van der Waals surface area (Å²) in [7, 11) is 0. The second-order valence-corrected chi connectivity index (χ2v) is 6.78. The van der Waals surface area contributed by atoms with Crippen LogP contribution < -0.4 is 5.73 Å². The molecule has 0 aromatic carbocycles. The molecule has 2 N–H and O–H groups in total. The zero-order chi connectivity index (χ0) is 15.2. The Kier molecular flexibility index (Phi) is 6.57. The molecule has 116 valence electrons. The summed E-state index contributed by atoms with van der Waals surface area (Å²) >= 11 is 0. The van der Waals surface area contributed by atoms with Crippen LogP contribution in [-0.4, -0.2) is 9.55 Å². The summed E-state index contributed by atoms with van der Waals surface area (Å²) in [6.07, 6.45) is 9.61. The summed E-state index contributed by atoms with van der Waals surface area (Å²) in [5.41, 5.74) is 7.49. The van der Waals surface area contributed by atoms with Crippen LogP contribution in [0.1, 0.15) is 84.7 Å². The lowest BCUT2D eigenvalue weighted by Crippen LogP contribution is -2.25. The van der Waals surface area contributed by atoms with Gasteiger partial charge in [0.2, 0.25) is 0 Å². The van der Waals surface area contributed by atoms with E-state index in [1.807, 2.05) is 0 Å². The standard InChI is InChI=1S/C17H33N3/c1-6-8-9-10-11-13-14-16(18)20(17(3,4)5)15(19-14)12-7-2/h6-13,18H2,1-5H3. The smallest absolute Gasteiger partial charge is 0.127 e. The number of nitrogens with two attached hydrogens (primary N) is 1. The first kappa shape index (κ1) is 17.1. The van der Waals surface area contributed by atoms with Gasteiger partial charge in [-0.1, -0.05) is 39.5 Å². The van der Waals surface area contributed by atoms with Gasteiger partial charge in [0.1, 0.15) is 11.6 Å². The quantitative estimate of drug-likeness (QED) is 0.702. The topological polar surface area (TPSA) is 43.8 Å². The van der Waals surface area contributed by atoms with Crippen LogP contribution in [-0.2, 0) is 18.4 Å². The van der Waals surface area contributed by atoms with Crippen molar-refractivity contribution >= 4 is 5.82 Å².